The van der Waals surface area contributed by atoms with Gasteiger partial charge < -0.3 is 14.8 Å². The number of nitrogens with zero attached hydrogens (tertiary/aromatic N) is 5. The molecule has 0 spiro atoms. The first-order chi connectivity index (χ1) is 15.2. The zero-order chi connectivity index (χ0) is 21.6. The van der Waals surface area contributed by atoms with Crippen molar-refractivity contribution in [3.8, 4) is 0 Å². The summed E-state index contributed by atoms with van der Waals surface area (Å²) in [5.74, 6) is 0.902. The number of carbonyl (C=O) groups excluding carboxylic acids is 1. The maximum atomic E-state index is 11.2. The lowest BCUT2D eigenvalue weighted by atomic mass is 10.1. The van der Waals surface area contributed by atoms with E-state index >= 15 is 0 Å². The molecule has 3 N–H and O–H groups in total. The highest BCUT2D eigenvalue weighted by molar-refractivity contribution is 5.90. The Morgan fingerprint density at radius 3 is 2.84 bits per heavy atom. The van der Waals surface area contributed by atoms with E-state index in [9.17, 15) is 4.79 Å². The molecule has 9 nitrogen and oxygen atoms in total. The molecular formula is C22H27N7O2. The summed E-state index contributed by atoms with van der Waals surface area (Å²) in [4.78, 5) is 27.6. The first-order valence-electron chi connectivity index (χ1n) is 10.6. The highest BCUT2D eigenvalue weighted by Gasteiger charge is 2.18. The number of aryl methyl sites for hydroxylation is 1. The average Bonchev–Trinajstić information content (AvgIpc) is 3.25. The van der Waals surface area contributed by atoms with Gasteiger partial charge in [-0.2, -0.15) is 9.97 Å². The minimum Gasteiger partial charge on any atom is -0.364 e. The third-order valence-corrected chi connectivity index (χ3v) is 5.38. The van der Waals surface area contributed by atoms with Crippen LogP contribution in [0.25, 0.3) is 17.2 Å². The van der Waals surface area contributed by atoms with Crippen LogP contribution < -0.4 is 15.7 Å². The van der Waals surface area contributed by atoms with Crippen molar-refractivity contribution in [2.45, 2.75) is 39.3 Å². The molecule has 162 valence electrons. The number of piperidine rings is 1. The summed E-state index contributed by atoms with van der Waals surface area (Å²) in [6.07, 6.45) is 8.30. The number of hydrogen-bond acceptors (Lipinski definition) is 7. The van der Waals surface area contributed by atoms with Gasteiger partial charge in [-0.3, -0.25) is 10.0 Å². The lowest BCUT2D eigenvalue weighted by Gasteiger charge is -2.27. The number of benzene rings is 1. The van der Waals surface area contributed by atoms with E-state index < -0.39 is 5.91 Å². The summed E-state index contributed by atoms with van der Waals surface area (Å²) < 4.78 is 2.03. The molecule has 1 aliphatic heterocycles. The van der Waals surface area contributed by atoms with Crippen molar-refractivity contribution in [1.82, 2.24) is 25.0 Å². The molecule has 1 fully saturated rings. The van der Waals surface area contributed by atoms with Gasteiger partial charge in [-0.05, 0) is 49.5 Å². The molecule has 0 atom stereocenters. The first-order valence-corrected chi connectivity index (χ1v) is 10.6. The molecule has 0 unspecified atom stereocenters. The molecule has 0 radical (unpaired) electrons. The van der Waals surface area contributed by atoms with Gasteiger partial charge >= 0.3 is 0 Å². The zero-order valence-corrected chi connectivity index (χ0v) is 17.6. The molecule has 0 saturated carbocycles. The first kappa shape index (κ1) is 20.8. The van der Waals surface area contributed by atoms with Gasteiger partial charge in [0.1, 0.15) is 0 Å². The largest absolute Gasteiger partial charge is 0.364 e. The number of imidazole rings is 1. The number of nitrogens with one attached hydrogen (secondary N) is 2. The predicted octanol–water partition coefficient (Wildman–Crippen LogP) is 2.97. The van der Waals surface area contributed by atoms with Crippen molar-refractivity contribution in [1.29, 1.82) is 0 Å². The van der Waals surface area contributed by atoms with E-state index in [4.69, 9.17) is 15.2 Å². The zero-order valence-electron chi connectivity index (χ0n) is 17.6. The van der Waals surface area contributed by atoms with Crippen molar-refractivity contribution in [3.63, 3.8) is 0 Å². The third-order valence-electron chi connectivity index (χ3n) is 5.38. The Morgan fingerprint density at radius 2 is 2.06 bits per heavy atom. The lowest BCUT2D eigenvalue weighted by molar-refractivity contribution is -0.124. The van der Waals surface area contributed by atoms with Crippen LogP contribution >= 0.6 is 0 Å². The van der Waals surface area contributed by atoms with E-state index in [0.29, 0.717) is 6.54 Å². The molecule has 3 heterocycles. The number of carbonyl (C=O) groups is 1. The summed E-state index contributed by atoms with van der Waals surface area (Å²) in [7, 11) is 0. The Hall–Kier alpha value is -3.46. The molecule has 4 rings (SSSR count). The SMILES string of the molecule is CCn1cnc2c(NCc3cccc(/C=C/C(=O)NO)c3)nc(N3CCCCC3)nc21. The van der Waals surface area contributed by atoms with Gasteiger partial charge in [0.25, 0.3) is 5.91 Å². The van der Waals surface area contributed by atoms with Gasteiger partial charge in [0, 0.05) is 32.3 Å². The minimum absolute atomic E-state index is 0.554. The van der Waals surface area contributed by atoms with Crippen LogP contribution in [-0.2, 0) is 17.9 Å². The maximum absolute atomic E-state index is 11.2. The number of anilines is 2. The summed E-state index contributed by atoms with van der Waals surface area (Å²) >= 11 is 0. The smallest absolute Gasteiger partial charge is 0.267 e. The molecule has 0 bridgehead atoms. The second kappa shape index (κ2) is 9.57. The van der Waals surface area contributed by atoms with E-state index in [1.807, 2.05) is 35.2 Å². The number of hydroxylamine groups is 1. The average molecular weight is 422 g/mol. The summed E-state index contributed by atoms with van der Waals surface area (Å²) in [6.45, 7) is 5.37. The third kappa shape index (κ3) is 4.83. The van der Waals surface area contributed by atoms with Crippen LogP contribution in [0.5, 0.6) is 0 Å². The molecule has 1 aliphatic rings. The fourth-order valence-electron chi connectivity index (χ4n) is 3.72. The number of amides is 1. The van der Waals surface area contributed by atoms with E-state index in [0.717, 1.165) is 66.5 Å². The Morgan fingerprint density at radius 1 is 1.23 bits per heavy atom. The normalized spacial score (nSPS) is 14.3. The van der Waals surface area contributed by atoms with Crippen LogP contribution in [0.15, 0.2) is 36.7 Å². The molecular weight excluding hydrogens is 394 g/mol. The fraction of sp³-hybridized carbons (Fsp3) is 0.364. The molecule has 9 heteroatoms. The fourth-order valence-corrected chi connectivity index (χ4v) is 3.72. The Kier molecular flexibility index (Phi) is 6.42. The topological polar surface area (TPSA) is 108 Å². The Bertz CT molecular complexity index is 1090. The van der Waals surface area contributed by atoms with Gasteiger partial charge in [0.2, 0.25) is 5.95 Å². The second-order valence-electron chi connectivity index (χ2n) is 7.53. The molecule has 31 heavy (non-hydrogen) atoms. The van der Waals surface area contributed by atoms with Gasteiger partial charge in [0.05, 0.1) is 6.33 Å². The van der Waals surface area contributed by atoms with Crippen LogP contribution in [0.4, 0.5) is 11.8 Å². The highest BCUT2D eigenvalue weighted by atomic mass is 16.5. The van der Waals surface area contributed by atoms with Crippen LogP contribution in [-0.4, -0.2) is 43.7 Å². The molecule has 2 aromatic heterocycles. The molecule has 1 saturated heterocycles. The Balaban J connectivity index is 1.58. The van der Waals surface area contributed by atoms with Crippen molar-refractivity contribution < 1.29 is 10.0 Å². The van der Waals surface area contributed by atoms with Crippen LogP contribution in [0.2, 0.25) is 0 Å². The van der Waals surface area contributed by atoms with Gasteiger partial charge in [-0.25, -0.2) is 10.5 Å². The van der Waals surface area contributed by atoms with E-state index in [1.165, 1.54) is 12.5 Å². The number of aromatic nitrogens is 4. The number of rotatable bonds is 7. The predicted molar refractivity (Wildman–Crippen MR) is 120 cm³/mol. The maximum Gasteiger partial charge on any atom is 0.267 e. The Labute approximate surface area is 180 Å². The van der Waals surface area contributed by atoms with Gasteiger partial charge in [-0.1, -0.05) is 18.2 Å². The molecule has 1 aromatic carbocycles. The van der Waals surface area contributed by atoms with Crippen LogP contribution in [0.1, 0.15) is 37.3 Å². The van der Waals surface area contributed by atoms with Crippen molar-refractivity contribution in [2.75, 3.05) is 23.3 Å². The van der Waals surface area contributed by atoms with E-state index in [-0.39, 0.29) is 0 Å². The van der Waals surface area contributed by atoms with Crippen LogP contribution in [0, 0.1) is 0 Å². The summed E-state index contributed by atoms with van der Waals surface area (Å²) in [5, 5.41) is 12.0. The standard InChI is InChI=1S/C22H27N7O2/c1-2-28-15-24-19-20(25-22(26-21(19)28)29-11-4-3-5-12-29)23-14-17-8-6-7-16(13-17)9-10-18(30)27-31/h6-10,13,15,31H,2-5,11-12,14H2,1H3,(H,27,30)(H,23,25,26)/b10-9+. The van der Waals surface area contributed by atoms with Gasteiger partial charge in [-0.15, -0.1) is 0 Å². The molecule has 0 aliphatic carbocycles. The van der Waals surface area contributed by atoms with Crippen molar-refractivity contribution >= 4 is 34.9 Å². The second-order valence-corrected chi connectivity index (χ2v) is 7.53. The number of fused-ring (bicyclic) bond motifs is 1. The number of hydrogen-bond donors (Lipinski definition) is 3. The van der Waals surface area contributed by atoms with Crippen molar-refractivity contribution in [3.05, 3.63) is 47.8 Å². The van der Waals surface area contributed by atoms with E-state index in [1.54, 1.807) is 11.6 Å². The van der Waals surface area contributed by atoms with Gasteiger partial charge in [0.15, 0.2) is 17.0 Å². The highest BCUT2D eigenvalue weighted by Crippen LogP contribution is 2.25. The quantitative estimate of drug-likeness (QED) is 0.306. The summed E-state index contributed by atoms with van der Waals surface area (Å²) in [6, 6.07) is 7.80. The van der Waals surface area contributed by atoms with Crippen LogP contribution in [0.3, 0.4) is 0 Å². The minimum atomic E-state index is -0.566. The summed E-state index contributed by atoms with van der Waals surface area (Å²) in [5.41, 5.74) is 5.09. The van der Waals surface area contributed by atoms with Crippen molar-refractivity contribution in [2.24, 2.45) is 0 Å². The monoisotopic (exact) mass is 421 g/mol. The molecule has 3 aromatic rings. The molecule has 1 amide bonds. The lowest BCUT2D eigenvalue weighted by Crippen LogP contribution is -2.31. The van der Waals surface area contributed by atoms with E-state index in [2.05, 4.69) is 22.1 Å².